The summed E-state index contributed by atoms with van der Waals surface area (Å²) in [6.45, 7) is 0. The molecule has 1 heterocycles. The van der Waals surface area contributed by atoms with Gasteiger partial charge in [-0.15, -0.1) is 0 Å². The molecular formula is C18H19Cl2N3O2. The Labute approximate surface area is 156 Å². The SMILES string of the molecule is NC1CCC(NC(=O)c2cccnc2Oc2ccc(Cl)cc2Cl)CC1. The Hall–Kier alpha value is -1.82. The van der Waals surface area contributed by atoms with E-state index in [2.05, 4.69) is 10.3 Å². The maximum absolute atomic E-state index is 12.6. The molecule has 1 aliphatic carbocycles. The summed E-state index contributed by atoms with van der Waals surface area (Å²) >= 11 is 12.0. The van der Waals surface area contributed by atoms with Gasteiger partial charge in [0.15, 0.2) is 0 Å². The van der Waals surface area contributed by atoms with Crippen LogP contribution in [0.3, 0.4) is 0 Å². The highest BCUT2D eigenvalue weighted by Crippen LogP contribution is 2.32. The lowest BCUT2D eigenvalue weighted by Gasteiger charge is -2.26. The first-order valence-corrected chi connectivity index (χ1v) is 8.93. The normalized spacial score (nSPS) is 20.1. The van der Waals surface area contributed by atoms with Gasteiger partial charge >= 0.3 is 0 Å². The molecule has 25 heavy (non-hydrogen) atoms. The maximum atomic E-state index is 12.6. The minimum atomic E-state index is -0.214. The van der Waals surface area contributed by atoms with E-state index < -0.39 is 0 Å². The number of carbonyl (C=O) groups is 1. The predicted molar refractivity (Wildman–Crippen MR) is 98.5 cm³/mol. The number of hydrogen-bond donors (Lipinski definition) is 2. The lowest BCUT2D eigenvalue weighted by molar-refractivity contribution is 0.0923. The van der Waals surface area contributed by atoms with Crippen molar-refractivity contribution in [2.75, 3.05) is 0 Å². The summed E-state index contributed by atoms with van der Waals surface area (Å²) in [6.07, 6.45) is 5.16. The Bertz CT molecular complexity index is 762. The van der Waals surface area contributed by atoms with E-state index in [4.69, 9.17) is 33.7 Å². The van der Waals surface area contributed by atoms with Gasteiger partial charge in [-0.25, -0.2) is 4.98 Å². The highest BCUT2D eigenvalue weighted by Gasteiger charge is 2.22. The van der Waals surface area contributed by atoms with E-state index in [0.717, 1.165) is 25.7 Å². The second-order valence-corrected chi connectivity index (χ2v) is 6.96. The third-order valence-corrected chi connectivity index (χ3v) is 4.75. The van der Waals surface area contributed by atoms with Gasteiger partial charge < -0.3 is 15.8 Å². The van der Waals surface area contributed by atoms with E-state index in [0.29, 0.717) is 21.4 Å². The van der Waals surface area contributed by atoms with Crippen LogP contribution in [0.5, 0.6) is 11.6 Å². The first kappa shape index (κ1) is 18.0. The van der Waals surface area contributed by atoms with Crippen molar-refractivity contribution in [3.05, 3.63) is 52.1 Å². The van der Waals surface area contributed by atoms with Crippen LogP contribution in [0, 0.1) is 0 Å². The van der Waals surface area contributed by atoms with Crippen molar-refractivity contribution in [3.63, 3.8) is 0 Å². The summed E-state index contributed by atoms with van der Waals surface area (Å²) in [5.41, 5.74) is 6.27. The van der Waals surface area contributed by atoms with Crippen LogP contribution in [-0.2, 0) is 0 Å². The van der Waals surface area contributed by atoms with Gasteiger partial charge in [0.25, 0.3) is 5.91 Å². The third kappa shape index (κ3) is 4.63. The molecular weight excluding hydrogens is 361 g/mol. The summed E-state index contributed by atoms with van der Waals surface area (Å²) in [7, 11) is 0. The Morgan fingerprint density at radius 3 is 2.68 bits per heavy atom. The highest BCUT2D eigenvalue weighted by atomic mass is 35.5. The molecule has 1 fully saturated rings. The van der Waals surface area contributed by atoms with E-state index in [1.807, 2.05) is 0 Å². The molecule has 0 spiro atoms. The van der Waals surface area contributed by atoms with Gasteiger partial charge in [-0.1, -0.05) is 23.2 Å². The molecule has 1 amide bonds. The molecule has 0 saturated heterocycles. The molecule has 0 radical (unpaired) electrons. The minimum absolute atomic E-state index is 0.125. The van der Waals surface area contributed by atoms with Crippen LogP contribution < -0.4 is 15.8 Å². The maximum Gasteiger partial charge on any atom is 0.257 e. The molecule has 1 aliphatic rings. The standard InChI is InChI=1S/C18H19Cl2N3O2/c19-11-3-8-16(15(20)10-11)25-18-14(2-1-9-22-18)17(24)23-13-6-4-12(21)5-7-13/h1-3,8-10,12-13H,4-7,21H2,(H,23,24). The summed E-state index contributed by atoms with van der Waals surface area (Å²) in [6, 6.07) is 8.61. The number of nitrogens with one attached hydrogen (secondary N) is 1. The molecule has 0 aliphatic heterocycles. The van der Waals surface area contributed by atoms with Gasteiger partial charge in [0.2, 0.25) is 5.88 Å². The van der Waals surface area contributed by atoms with Crippen molar-refractivity contribution in [1.29, 1.82) is 0 Å². The van der Waals surface area contributed by atoms with Gasteiger partial charge in [0, 0.05) is 23.3 Å². The zero-order chi connectivity index (χ0) is 17.8. The molecule has 3 rings (SSSR count). The Morgan fingerprint density at radius 1 is 1.20 bits per heavy atom. The third-order valence-electron chi connectivity index (χ3n) is 4.22. The molecule has 132 valence electrons. The quantitative estimate of drug-likeness (QED) is 0.834. The van der Waals surface area contributed by atoms with Gasteiger partial charge in [-0.2, -0.15) is 0 Å². The topological polar surface area (TPSA) is 77.2 Å². The van der Waals surface area contributed by atoms with Crippen LogP contribution in [0.25, 0.3) is 0 Å². The fourth-order valence-electron chi connectivity index (χ4n) is 2.83. The summed E-state index contributed by atoms with van der Waals surface area (Å²) < 4.78 is 5.74. The fraction of sp³-hybridized carbons (Fsp3) is 0.333. The van der Waals surface area contributed by atoms with Crippen molar-refractivity contribution < 1.29 is 9.53 Å². The molecule has 5 nitrogen and oxygen atoms in total. The molecule has 1 aromatic carbocycles. The highest BCUT2D eigenvalue weighted by molar-refractivity contribution is 6.35. The van der Waals surface area contributed by atoms with Crippen LogP contribution >= 0.6 is 23.2 Å². The van der Waals surface area contributed by atoms with Crippen molar-refractivity contribution in [3.8, 4) is 11.6 Å². The van der Waals surface area contributed by atoms with E-state index in [9.17, 15) is 4.79 Å². The molecule has 1 saturated carbocycles. The number of aromatic nitrogens is 1. The number of nitrogens with two attached hydrogens (primary N) is 1. The smallest absolute Gasteiger partial charge is 0.257 e. The largest absolute Gasteiger partial charge is 0.437 e. The second-order valence-electron chi connectivity index (χ2n) is 6.12. The number of benzene rings is 1. The average molecular weight is 380 g/mol. The number of pyridine rings is 1. The van der Waals surface area contributed by atoms with Crippen LogP contribution in [0.15, 0.2) is 36.5 Å². The number of ether oxygens (including phenoxy) is 1. The number of rotatable bonds is 4. The first-order chi connectivity index (χ1) is 12.0. The summed E-state index contributed by atoms with van der Waals surface area (Å²) in [5.74, 6) is 0.382. The molecule has 0 bridgehead atoms. The molecule has 0 atom stereocenters. The van der Waals surface area contributed by atoms with Crippen molar-refractivity contribution in [2.45, 2.75) is 37.8 Å². The molecule has 2 aromatic rings. The predicted octanol–water partition coefficient (Wildman–Crippen LogP) is 4.18. The Kier molecular flexibility index (Phi) is 5.78. The molecule has 0 unspecified atom stereocenters. The second kappa shape index (κ2) is 8.04. The summed E-state index contributed by atoms with van der Waals surface area (Å²) in [5, 5.41) is 3.90. The van der Waals surface area contributed by atoms with Gasteiger partial charge in [0.1, 0.15) is 11.3 Å². The van der Waals surface area contributed by atoms with Gasteiger partial charge in [0.05, 0.1) is 5.02 Å². The fourth-order valence-corrected chi connectivity index (χ4v) is 3.28. The van der Waals surface area contributed by atoms with Gasteiger partial charge in [-0.05, 0) is 56.0 Å². The monoisotopic (exact) mass is 379 g/mol. The van der Waals surface area contributed by atoms with Crippen LogP contribution in [0.2, 0.25) is 10.0 Å². The van der Waals surface area contributed by atoms with E-state index in [-0.39, 0.29) is 23.9 Å². The van der Waals surface area contributed by atoms with Crippen LogP contribution in [0.1, 0.15) is 36.0 Å². The van der Waals surface area contributed by atoms with E-state index in [1.165, 1.54) is 0 Å². The zero-order valence-electron chi connectivity index (χ0n) is 13.5. The van der Waals surface area contributed by atoms with E-state index >= 15 is 0 Å². The average Bonchev–Trinajstić information content (AvgIpc) is 2.60. The molecule has 7 heteroatoms. The summed E-state index contributed by atoms with van der Waals surface area (Å²) in [4.78, 5) is 16.8. The molecule has 1 aromatic heterocycles. The lowest BCUT2D eigenvalue weighted by atomic mass is 9.91. The zero-order valence-corrected chi connectivity index (χ0v) is 15.1. The van der Waals surface area contributed by atoms with Crippen molar-refractivity contribution in [2.24, 2.45) is 5.73 Å². The molecule has 3 N–H and O–H groups in total. The number of amides is 1. The van der Waals surface area contributed by atoms with Crippen molar-refractivity contribution in [1.82, 2.24) is 10.3 Å². The number of nitrogens with zero attached hydrogens (tertiary/aromatic N) is 1. The number of carbonyl (C=O) groups excluding carboxylic acids is 1. The minimum Gasteiger partial charge on any atom is -0.437 e. The van der Waals surface area contributed by atoms with Crippen LogP contribution in [0.4, 0.5) is 0 Å². The van der Waals surface area contributed by atoms with Crippen LogP contribution in [-0.4, -0.2) is 23.0 Å². The Balaban J connectivity index is 1.75. The Morgan fingerprint density at radius 2 is 1.96 bits per heavy atom. The first-order valence-electron chi connectivity index (χ1n) is 8.17. The van der Waals surface area contributed by atoms with Crippen molar-refractivity contribution >= 4 is 29.1 Å². The number of hydrogen-bond acceptors (Lipinski definition) is 4. The number of halogens is 2. The van der Waals surface area contributed by atoms with Gasteiger partial charge in [-0.3, -0.25) is 4.79 Å². The van der Waals surface area contributed by atoms with E-state index in [1.54, 1.807) is 36.5 Å². The lowest BCUT2D eigenvalue weighted by Crippen LogP contribution is -2.40.